The van der Waals surface area contributed by atoms with Gasteiger partial charge in [0, 0.05) is 48.1 Å². The summed E-state index contributed by atoms with van der Waals surface area (Å²) in [6.07, 6.45) is 6.16. The zero-order valence-corrected chi connectivity index (χ0v) is 19.7. The normalized spacial score (nSPS) is 15.6. The van der Waals surface area contributed by atoms with Crippen molar-refractivity contribution in [2.45, 2.75) is 25.9 Å². The van der Waals surface area contributed by atoms with E-state index in [-0.39, 0.29) is 6.04 Å². The summed E-state index contributed by atoms with van der Waals surface area (Å²) >= 11 is 5.95. The standard InChI is InChI=1S/C28H28N4S/c1-5-23-10-12-25(13-11-23)30-21(3)17-27-22(4)32(26-14-8-20(2)9-15-26)28(33)31(27)19-24-7-6-16-29-18-24/h5-16,18,27,30H,1,3-4,17,19H2,2H3. The molecule has 0 aliphatic carbocycles. The lowest BCUT2D eigenvalue weighted by molar-refractivity contribution is 0.364. The summed E-state index contributed by atoms with van der Waals surface area (Å²) in [5, 5.41) is 4.17. The Hall–Kier alpha value is -3.70. The molecule has 2 aromatic carbocycles. The zero-order chi connectivity index (χ0) is 23.4. The lowest BCUT2D eigenvalue weighted by Gasteiger charge is -2.26. The van der Waals surface area contributed by atoms with Crippen LogP contribution in [-0.2, 0) is 6.54 Å². The molecule has 1 aliphatic heterocycles. The Labute approximate surface area is 201 Å². The fourth-order valence-corrected chi connectivity index (χ4v) is 4.38. The fourth-order valence-electron chi connectivity index (χ4n) is 3.97. The Morgan fingerprint density at radius 3 is 2.48 bits per heavy atom. The molecule has 1 atom stereocenters. The second kappa shape index (κ2) is 9.84. The summed E-state index contributed by atoms with van der Waals surface area (Å²) in [6, 6.07) is 20.5. The van der Waals surface area contributed by atoms with Gasteiger partial charge in [-0.25, -0.2) is 0 Å². The van der Waals surface area contributed by atoms with Gasteiger partial charge in [-0.3, -0.25) is 9.88 Å². The molecular weight excluding hydrogens is 424 g/mol. The molecule has 0 bridgehead atoms. The van der Waals surface area contributed by atoms with Crippen LogP contribution < -0.4 is 10.2 Å². The first-order valence-electron chi connectivity index (χ1n) is 10.9. The van der Waals surface area contributed by atoms with Crippen molar-refractivity contribution in [3.05, 3.63) is 121 Å². The highest BCUT2D eigenvalue weighted by Gasteiger charge is 2.38. The number of hydrogen-bond acceptors (Lipinski definition) is 3. The fraction of sp³-hybridized carbons (Fsp3) is 0.143. The number of rotatable bonds is 8. The molecule has 0 saturated carbocycles. The largest absolute Gasteiger partial charge is 0.359 e. The molecule has 3 aromatic rings. The molecule has 33 heavy (non-hydrogen) atoms. The Kier molecular flexibility index (Phi) is 6.71. The first-order valence-corrected chi connectivity index (χ1v) is 11.3. The van der Waals surface area contributed by atoms with E-state index in [1.165, 1.54) is 5.56 Å². The molecule has 2 heterocycles. The van der Waals surface area contributed by atoms with Crippen LogP contribution in [0, 0.1) is 6.92 Å². The minimum atomic E-state index is -0.0218. The van der Waals surface area contributed by atoms with E-state index in [0.717, 1.165) is 39.0 Å². The summed E-state index contributed by atoms with van der Waals surface area (Å²) < 4.78 is 0. The number of nitrogens with one attached hydrogen (secondary N) is 1. The molecule has 1 fully saturated rings. The lowest BCUT2D eigenvalue weighted by Crippen LogP contribution is -2.34. The van der Waals surface area contributed by atoms with Crippen LogP contribution in [-0.4, -0.2) is 21.0 Å². The van der Waals surface area contributed by atoms with E-state index < -0.39 is 0 Å². The van der Waals surface area contributed by atoms with Crippen molar-refractivity contribution >= 4 is 34.8 Å². The quantitative estimate of drug-likeness (QED) is 0.392. The lowest BCUT2D eigenvalue weighted by atomic mass is 10.1. The first-order chi connectivity index (χ1) is 16.0. The smallest absolute Gasteiger partial charge is 0.181 e. The van der Waals surface area contributed by atoms with Crippen LogP contribution in [0.4, 0.5) is 11.4 Å². The predicted octanol–water partition coefficient (Wildman–Crippen LogP) is 6.54. The van der Waals surface area contributed by atoms with Crippen molar-refractivity contribution in [3.8, 4) is 0 Å². The third-order valence-electron chi connectivity index (χ3n) is 5.76. The summed E-state index contributed by atoms with van der Waals surface area (Å²) in [5.41, 5.74) is 7.24. The molecule has 1 N–H and O–H groups in total. The molecule has 5 heteroatoms. The summed E-state index contributed by atoms with van der Waals surface area (Å²) in [4.78, 5) is 8.55. The third-order valence-corrected chi connectivity index (χ3v) is 6.18. The predicted molar refractivity (Wildman–Crippen MR) is 143 cm³/mol. The minimum Gasteiger partial charge on any atom is -0.359 e. The first kappa shape index (κ1) is 22.5. The molecule has 0 amide bonds. The number of thiocarbonyl (C=S) groups is 1. The maximum atomic E-state index is 5.95. The van der Waals surface area contributed by atoms with Gasteiger partial charge in [-0.05, 0) is 60.6 Å². The number of pyridine rings is 1. The molecule has 0 radical (unpaired) electrons. The van der Waals surface area contributed by atoms with Crippen molar-refractivity contribution in [2.75, 3.05) is 10.2 Å². The van der Waals surface area contributed by atoms with E-state index in [4.69, 9.17) is 12.2 Å². The molecule has 4 nitrogen and oxygen atoms in total. The minimum absolute atomic E-state index is 0.0218. The maximum absolute atomic E-state index is 5.95. The number of aryl methyl sites for hydroxylation is 1. The zero-order valence-electron chi connectivity index (χ0n) is 18.9. The van der Waals surface area contributed by atoms with Crippen molar-refractivity contribution in [3.63, 3.8) is 0 Å². The Balaban J connectivity index is 1.58. The second-order valence-corrected chi connectivity index (χ2v) is 8.57. The number of nitrogens with zero attached hydrogens (tertiary/aromatic N) is 3. The molecule has 1 aromatic heterocycles. The number of benzene rings is 2. The molecule has 1 unspecified atom stereocenters. The maximum Gasteiger partial charge on any atom is 0.181 e. The monoisotopic (exact) mass is 452 g/mol. The van der Waals surface area contributed by atoms with Gasteiger partial charge < -0.3 is 10.2 Å². The third kappa shape index (κ3) is 5.04. The topological polar surface area (TPSA) is 31.4 Å². The highest BCUT2D eigenvalue weighted by Crippen LogP contribution is 2.35. The van der Waals surface area contributed by atoms with Crippen molar-refractivity contribution < 1.29 is 0 Å². The molecule has 4 rings (SSSR count). The van der Waals surface area contributed by atoms with Crippen LogP contribution in [0.3, 0.4) is 0 Å². The van der Waals surface area contributed by atoms with E-state index in [1.807, 2.05) is 42.6 Å². The Morgan fingerprint density at radius 2 is 1.85 bits per heavy atom. The van der Waals surface area contributed by atoms with E-state index in [9.17, 15) is 0 Å². The molecule has 0 spiro atoms. The highest BCUT2D eigenvalue weighted by molar-refractivity contribution is 7.80. The van der Waals surface area contributed by atoms with Crippen molar-refractivity contribution in [1.82, 2.24) is 9.88 Å². The van der Waals surface area contributed by atoms with Gasteiger partial charge in [-0.15, -0.1) is 0 Å². The second-order valence-electron chi connectivity index (χ2n) is 8.21. The number of aromatic nitrogens is 1. The summed E-state index contributed by atoms with van der Waals surface area (Å²) in [5.74, 6) is 0. The molecule has 1 saturated heterocycles. The Morgan fingerprint density at radius 1 is 1.12 bits per heavy atom. The van der Waals surface area contributed by atoms with E-state index >= 15 is 0 Å². The van der Waals surface area contributed by atoms with Crippen LogP contribution in [0.15, 0.2) is 104 Å². The van der Waals surface area contributed by atoms with Gasteiger partial charge in [-0.1, -0.05) is 61.7 Å². The number of anilines is 2. The van der Waals surface area contributed by atoms with E-state index in [2.05, 4.69) is 77.1 Å². The average molecular weight is 453 g/mol. The van der Waals surface area contributed by atoms with Gasteiger partial charge in [0.1, 0.15) is 0 Å². The van der Waals surface area contributed by atoms with Crippen LogP contribution >= 0.6 is 12.2 Å². The molecule has 1 aliphatic rings. The summed E-state index contributed by atoms with van der Waals surface area (Å²) in [7, 11) is 0. The van der Waals surface area contributed by atoms with E-state index in [0.29, 0.717) is 13.0 Å². The number of hydrogen-bond donors (Lipinski definition) is 1. The van der Waals surface area contributed by atoms with Crippen LogP contribution in [0.5, 0.6) is 0 Å². The van der Waals surface area contributed by atoms with Gasteiger partial charge in [0.2, 0.25) is 0 Å². The molecular formula is C28H28N4S. The van der Waals surface area contributed by atoms with Gasteiger partial charge in [-0.2, -0.15) is 0 Å². The average Bonchev–Trinajstić information content (AvgIpc) is 3.05. The van der Waals surface area contributed by atoms with Crippen LogP contribution in [0.25, 0.3) is 6.08 Å². The Bertz CT molecular complexity index is 1170. The van der Waals surface area contributed by atoms with Gasteiger partial charge in [0.25, 0.3) is 0 Å². The van der Waals surface area contributed by atoms with Gasteiger partial charge in [0.05, 0.1) is 6.04 Å². The SMILES string of the molecule is C=Cc1ccc(NC(=C)CC2C(=C)N(c3ccc(C)cc3)C(=S)N2Cc2cccnc2)cc1. The summed E-state index contributed by atoms with van der Waals surface area (Å²) in [6.45, 7) is 15.3. The van der Waals surface area contributed by atoms with Crippen molar-refractivity contribution in [1.29, 1.82) is 0 Å². The van der Waals surface area contributed by atoms with Crippen LogP contribution in [0.2, 0.25) is 0 Å². The highest BCUT2D eigenvalue weighted by atomic mass is 32.1. The van der Waals surface area contributed by atoms with E-state index in [1.54, 1.807) is 6.20 Å². The molecule has 166 valence electrons. The van der Waals surface area contributed by atoms with Crippen LogP contribution in [0.1, 0.15) is 23.1 Å². The van der Waals surface area contributed by atoms with Gasteiger partial charge >= 0.3 is 0 Å². The van der Waals surface area contributed by atoms with Crippen molar-refractivity contribution in [2.24, 2.45) is 0 Å². The van der Waals surface area contributed by atoms with Gasteiger partial charge in [0.15, 0.2) is 5.11 Å².